The van der Waals surface area contributed by atoms with Gasteiger partial charge in [0.25, 0.3) is 0 Å². The smallest absolute Gasteiger partial charge is 0.244 e. The largest absolute Gasteiger partial charge is 0.384 e. The van der Waals surface area contributed by atoms with Crippen LogP contribution >= 0.6 is 0 Å². The number of methoxy groups -OCH3 is 1. The van der Waals surface area contributed by atoms with Crippen molar-refractivity contribution in [2.24, 2.45) is 5.73 Å². The van der Waals surface area contributed by atoms with Gasteiger partial charge >= 0.3 is 0 Å². The van der Waals surface area contributed by atoms with Crippen molar-refractivity contribution in [2.45, 2.75) is 38.6 Å². The van der Waals surface area contributed by atoms with Gasteiger partial charge in [-0.15, -0.1) is 0 Å². The monoisotopic (exact) mass is 264 g/mol. The maximum absolute atomic E-state index is 12.3. The summed E-state index contributed by atoms with van der Waals surface area (Å²) in [5, 5.41) is 2.94. The van der Waals surface area contributed by atoms with Gasteiger partial charge in [-0.1, -0.05) is 32.0 Å². The van der Waals surface area contributed by atoms with Crippen molar-refractivity contribution in [1.82, 2.24) is 0 Å². The lowest BCUT2D eigenvalue weighted by Gasteiger charge is -2.25. The van der Waals surface area contributed by atoms with Crippen molar-refractivity contribution in [3.63, 3.8) is 0 Å². The number of anilines is 1. The van der Waals surface area contributed by atoms with Crippen molar-refractivity contribution < 1.29 is 9.53 Å². The summed E-state index contributed by atoms with van der Waals surface area (Å²) in [5.41, 5.74) is 7.19. The predicted molar refractivity (Wildman–Crippen MR) is 78.2 cm³/mol. The van der Waals surface area contributed by atoms with Crippen LogP contribution in [-0.2, 0) is 16.0 Å². The average molecular weight is 264 g/mol. The van der Waals surface area contributed by atoms with E-state index in [1.807, 2.05) is 38.1 Å². The summed E-state index contributed by atoms with van der Waals surface area (Å²) in [6.07, 6.45) is 2.01. The second kappa shape index (κ2) is 7.26. The van der Waals surface area contributed by atoms with Gasteiger partial charge in [0.1, 0.15) is 0 Å². The molecule has 0 aliphatic carbocycles. The quantitative estimate of drug-likeness (QED) is 0.794. The van der Waals surface area contributed by atoms with Crippen LogP contribution in [0.25, 0.3) is 0 Å². The molecule has 0 fully saturated rings. The number of hydrogen-bond donors (Lipinski definition) is 2. The predicted octanol–water partition coefficient (Wildman–Crippen LogP) is 2.33. The van der Waals surface area contributed by atoms with Crippen LogP contribution in [0.3, 0.4) is 0 Å². The number of carbonyl (C=O) groups excluding carboxylic acids is 1. The van der Waals surface area contributed by atoms with Crippen LogP contribution in [-0.4, -0.2) is 25.2 Å². The molecule has 19 heavy (non-hydrogen) atoms. The van der Waals surface area contributed by atoms with Gasteiger partial charge in [0.15, 0.2) is 0 Å². The van der Waals surface area contributed by atoms with Crippen LogP contribution in [0.5, 0.6) is 0 Å². The highest BCUT2D eigenvalue weighted by molar-refractivity contribution is 5.98. The van der Waals surface area contributed by atoms with Gasteiger partial charge in [0, 0.05) is 12.8 Å². The zero-order valence-electron chi connectivity index (χ0n) is 12.0. The van der Waals surface area contributed by atoms with Crippen LogP contribution in [0.1, 0.15) is 32.3 Å². The Morgan fingerprint density at radius 2 is 1.95 bits per heavy atom. The Balaban J connectivity index is 2.84. The summed E-state index contributed by atoms with van der Waals surface area (Å²) in [5.74, 6) is -0.123. The summed E-state index contributed by atoms with van der Waals surface area (Å²) in [6, 6.07) is 7.75. The Morgan fingerprint density at radius 3 is 2.53 bits per heavy atom. The molecule has 0 aliphatic rings. The van der Waals surface area contributed by atoms with Gasteiger partial charge in [-0.3, -0.25) is 4.79 Å². The molecule has 1 amide bonds. The zero-order valence-corrected chi connectivity index (χ0v) is 12.0. The maximum Gasteiger partial charge on any atom is 0.244 e. The molecule has 106 valence electrons. The molecule has 1 rings (SSSR count). The van der Waals surface area contributed by atoms with Crippen LogP contribution in [0.15, 0.2) is 24.3 Å². The highest BCUT2D eigenvalue weighted by atomic mass is 16.5. The number of nitrogens with two attached hydrogens (primary N) is 1. The molecule has 1 aromatic rings. The number of nitrogens with one attached hydrogen (secondary N) is 1. The molecule has 0 radical (unpaired) electrons. The number of amides is 1. The number of rotatable bonds is 7. The molecule has 0 spiro atoms. The number of hydrogen-bond acceptors (Lipinski definition) is 3. The van der Waals surface area contributed by atoms with E-state index in [-0.39, 0.29) is 5.91 Å². The van der Waals surface area contributed by atoms with Crippen LogP contribution in [0.4, 0.5) is 5.69 Å². The van der Waals surface area contributed by atoms with E-state index in [1.54, 1.807) is 7.11 Å². The summed E-state index contributed by atoms with van der Waals surface area (Å²) in [4.78, 5) is 12.3. The Hall–Kier alpha value is -1.39. The Labute approximate surface area is 115 Å². The molecule has 0 aliphatic heterocycles. The van der Waals surface area contributed by atoms with Crippen LogP contribution < -0.4 is 11.1 Å². The molecule has 3 N–H and O–H groups in total. The number of carbonyl (C=O) groups is 1. The third kappa shape index (κ3) is 4.04. The lowest BCUT2D eigenvalue weighted by molar-refractivity contribution is -0.121. The standard InChI is InChI=1S/C15H24N2O2/c1-4-15(16,5-2)14(18)17-13-9-7-6-8-12(13)10-11-19-3/h6-9H,4-5,10-11,16H2,1-3H3,(H,17,18). The van der Waals surface area contributed by atoms with E-state index in [0.717, 1.165) is 17.7 Å². The fourth-order valence-corrected chi connectivity index (χ4v) is 1.89. The molecule has 0 unspecified atom stereocenters. The molecule has 0 saturated carbocycles. The normalized spacial score (nSPS) is 11.4. The first-order valence-corrected chi connectivity index (χ1v) is 6.74. The Bertz CT molecular complexity index is 414. The molecule has 0 bridgehead atoms. The number of ether oxygens (including phenoxy) is 1. The Morgan fingerprint density at radius 1 is 1.32 bits per heavy atom. The molecule has 0 atom stereocenters. The minimum Gasteiger partial charge on any atom is -0.384 e. The van der Waals surface area contributed by atoms with Crippen molar-refractivity contribution in [1.29, 1.82) is 0 Å². The van der Waals surface area contributed by atoms with E-state index in [1.165, 1.54) is 0 Å². The van der Waals surface area contributed by atoms with Gasteiger partial charge in [-0.25, -0.2) is 0 Å². The number of benzene rings is 1. The van der Waals surface area contributed by atoms with E-state index >= 15 is 0 Å². The summed E-state index contributed by atoms with van der Waals surface area (Å²) < 4.78 is 5.08. The van der Waals surface area contributed by atoms with E-state index in [9.17, 15) is 4.79 Å². The zero-order chi connectivity index (χ0) is 14.3. The molecule has 0 heterocycles. The molecule has 4 heteroatoms. The van der Waals surface area contributed by atoms with E-state index in [2.05, 4.69) is 5.32 Å². The van der Waals surface area contributed by atoms with E-state index < -0.39 is 5.54 Å². The molecular weight excluding hydrogens is 240 g/mol. The van der Waals surface area contributed by atoms with Crippen molar-refractivity contribution >= 4 is 11.6 Å². The lowest BCUT2D eigenvalue weighted by atomic mass is 9.93. The molecule has 1 aromatic carbocycles. The van der Waals surface area contributed by atoms with Gasteiger partial charge in [0.2, 0.25) is 5.91 Å². The molecule has 0 saturated heterocycles. The fraction of sp³-hybridized carbons (Fsp3) is 0.533. The summed E-state index contributed by atoms with van der Waals surface area (Å²) >= 11 is 0. The van der Waals surface area contributed by atoms with Gasteiger partial charge in [-0.2, -0.15) is 0 Å². The molecule has 4 nitrogen and oxygen atoms in total. The van der Waals surface area contributed by atoms with Gasteiger partial charge < -0.3 is 15.8 Å². The van der Waals surface area contributed by atoms with Crippen molar-refractivity contribution in [3.05, 3.63) is 29.8 Å². The maximum atomic E-state index is 12.3. The van der Waals surface area contributed by atoms with Gasteiger partial charge in [-0.05, 0) is 30.9 Å². The van der Waals surface area contributed by atoms with E-state index in [4.69, 9.17) is 10.5 Å². The Kier molecular flexibility index (Phi) is 5.99. The number of para-hydroxylation sites is 1. The molecular formula is C15H24N2O2. The fourth-order valence-electron chi connectivity index (χ4n) is 1.89. The minimum atomic E-state index is -0.797. The highest BCUT2D eigenvalue weighted by Crippen LogP contribution is 2.19. The first kappa shape index (κ1) is 15.7. The van der Waals surface area contributed by atoms with Crippen LogP contribution in [0.2, 0.25) is 0 Å². The summed E-state index contributed by atoms with van der Waals surface area (Å²) in [7, 11) is 1.67. The average Bonchev–Trinajstić information content (AvgIpc) is 2.45. The lowest BCUT2D eigenvalue weighted by Crippen LogP contribution is -2.50. The highest BCUT2D eigenvalue weighted by Gasteiger charge is 2.30. The third-order valence-corrected chi connectivity index (χ3v) is 3.56. The van der Waals surface area contributed by atoms with E-state index in [0.29, 0.717) is 19.4 Å². The van der Waals surface area contributed by atoms with Crippen molar-refractivity contribution in [3.8, 4) is 0 Å². The second-order valence-corrected chi connectivity index (χ2v) is 4.72. The summed E-state index contributed by atoms with van der Waals surface area (Å²) in [6.45, 7) is 4.49. The SMILES string of the molecule is CCC(N)(CC)C(=O)Nc1ccccc1CCOC. The topological polar surface area (TPSA) is 64.4 Å². The second-order valence-electron chi connectivity index (χ2n) is 4.72. The first-order chi connectivity index (χ1) is 9.07. The third-order valence-electron chi connectivity index (χ3n) is 3.56. The van der Waals surface area contributed by atoms with Crippen molar-refractivity contribution in [2.75, 3.05) is 19.0 Å². The van der Waals surface area contributed by atoms with Crippen LogP contribution in [0, 0.1) is 0 Å². The van der Waals surface area contributed by atoms with Gasteiger partial charge in [0.05, 0.1) is 12.1 Å². The molecule has 0 aromatic heterocycles. The first-order valence-electron chi connectivity index (χ1n) is 6.74. The minimum absolute atomic E-state index is 0.123.